The van der Waals surface area contributed by atoms with E-state index in [2.05, 4.69) is 20.8 Å². The van der Waals surface area contributed by atoms with Crippen LogP contribution in [-0.2, 0) is 6.42 Å². The van der Waals surface area contributed by atoms with E-state index in [0.717, 1.165) is 0 Å². The van der Waals surface area contributed by atoms with Crippen LogP contribution in [0.5, 0.6) is 5.75 Å². The Labute approximate surface area is 124 Å². The van der Waals surface area contributed by atoms with E-state index in [1.165, 1.54) is 0 Å². The Morgan fingerprint density at radius 3 is 2.52 bits per heavy atom. The predicted molar refractivity (Wildman–Crippen MR) is 82.5 cm³/mol. The van der Waals surface area contributed by atoms with Gasteiger partial charge in [-0.15, -0.1) is 0 Å². The molecular formula is C17H22O4. The second-order valence-corrected chi connectivity index (χ2v) is 6.50. The van der Waals surface area contributed by atoms with Gasteiger partial charge in [0.05, 0.1) is 10.9 Å². The highest BCUT2D eigenvalue weighted by atomic mass is 16.4. The number of para-hydroxylation sites is 1. The van der Waals surface area contributed by atoms with Crippen LogP contribution < -0.4 is 5.63 Å². The SMILES string of the molecule is CC(C)(C)C(CO)CCc1c(O)c2ccccc2oc1=O. The Balaban J connectivity index is 2.33. The fourth-order valence-electron chi connectivity index (χ4n) is 2.51. The number of aliphatic hydroxyl groups excluding tert-OH is 1. The second kappa shape index (κ2) is 5.90. The molecule has 0 spiro atoms. The average Bonchev–Trinajstić information content (AvgIpc) is 2.41. The number of aromatic hydroxyl groups is 1. The highest BCUT2D eigenvalue weighted by Crippen LogP contribution is 2.32. The summed E-state index contributed by atoms with van der Waals surface area (Å²) < 4.78 is 5.25. The van der Waals surface area contributed by atoms with Gasteiger partial charge in [0.25, 0.3) is 0 Å². The summed E-state index contributed by atoms with van der Waals surface area (Å²) in [5, 5.41) is 20.3. The highest BCUT2D eigenvalue weighted by molar-refractivity contribution is 5.83. The van der Waals surface area contributed by atoms with E-state index in [4.69, 9.17) is 4.42 Å². The first-order chi connectivity index (χ1) is 9.84. The summed E-state index contributed by atoms with van der Waals surface area (Å²) in [5.74, 6) is 0.0511. The molecule has 0 amide bonds. The molecule has 114 valence electrons. The zero-order valence-electron chi connectivity index (χ0n) is 12.7. The van der Waals surface area contributed by atoms with E-state index in [1.54, 1.807) is 24.3 Å². The maximum absolute atomic E-state index is 12.0. The van der Waals surface area contributed by atoms with Crippen molar-refractivity contribution in [3.8, 4) is 5.75 Å². The van der Waals surface area contributed by atoms with Gasteiger partial charge in [-0.05, 0) is 36.3 Å². The standard InChI is InChI=1S/C17H22O4/c1-17(2,3)11(10-18)8-9-13-15(19)12-6-4-5-7-14(12)21-16(13)20/h4-7,11,18-19H,8-10H2,1-3H3. The van der Waals surface area contributed by atoms with Crippen molar-refractivity contribution in [3.63, 3.8) is 0 Å². The Morgan fingerprint density at radius 1 is 1.24 bits per heavy atom. The third-order valence-corrected chi connectivity index (χ3v) is 4.07. The first kappa shape index (κ1) is 15.6. The van der Waals surface area contributed by atoms with Crippen molar-refractivity contribution in [2.75, 3.05) is 6.61 Å². The molecule has 21 heavy (non-hydrogen) atoms. The van der Waals surface area contributed by atoms with Crippen molar-refractivity contribution in [3.05, 3.63) is 40.2 Å². The molecule has 0 fully saturated rings. The van der Waals surface area contributed by atoms with Crippen molar-refractivity contribution in [1.82, 2.24) is 0 Å². The van der Waals surface area contributed by atoms with Crippen LogP contribution in [0.4, 0.5) is 0 Å². The van der Waals surface area contributed by atoms with Gasteiger partial charge >= 0.3 is 5.63 Å². The molecule has 1 aromatic carbocycles. The Kier molecular flexibility index (Phi) is 4.37. The Bertz CT molecular complexity index is 679. The number of hydrogen-bond donors (Lipinski definition) is 2. The molecule has 1 aromatic heterocycles. The number of fused-ring (bicyclic) bond motifs is 1. The van der Waals surface area contributed by atoms with Crippen LogP contribution in [0.3, 0.4) is 0 Å². The van der Waals surface area contributed by atoms with Crippen molar-refractivity contribution in [2.24, 2.45) is 11.3 Å². The zero-order valence-corrected chi connectivity index (χ0v) is 12.7. The molecule has 4 nitrogen and oxygen atoms in total. The van der Waals surface area contributed by atoms with Gasteiger partial charge in [-0.1, -0.05) is 32.9 Å². The first-order valence-corrected chi connectivity index (χ1v) is 7.19. The van der Waals surface area contributed by atoms with Crippen molar-refractivity contribution >= 4 is 11.0 Å². The summed E-state index contributed by atoms with van der Waals surface area (Å²) in [5.41, 5.74) is 0.119. The summed E-state index contributed by atoms with van der Waals surface area (Å²) >= 11 is 0. The molecule has 0 aliphatic rings. The van der Waals surface area contributed by atoms with Crippen molar-refractivity contribution in [1.29, 1.82) is 0 Å². The molecule has 0 aliphatic carbocycles. The second-order valence-electron chi connectivity index (χ2n) is 6.50. The lowest BCUT2D eigenvalue weighted by atomic mass is 9.78. The Hall–Kier alpha value is -1.81. The molecule has 1 atom stereocenters. The van der Waals surface area contributed by atoms with Crippen LogP contribution in [0.15, 0.2) is 33.5 Å². The van der Waals surface area contributed by atoms with E-state index >= 15 is 0 Å². The minimum absolute atomic E-state index is 0.00699. The minimum Gasteiger partial charge on any atom is -0.507 e. The van der Waals surface area contributed by atoms with Gasteiger partial charge in [0.15, 0.2) is 0 Å². The van der Waals surface area contributed by atoms with Crippen LogP contribution in [0.1, 0.15) is 32.8 Å². The highest BCUT2D eigenvalue weighted by Gasteiger charge is 2.25. The summed E-state index contributed by atoms with van der Waals surface area (Å²) in [7, 11) is 0. The van der Waals surface area contributed by atoms with Crippen LogP contribution in [-0.4, -0.2) is 16.8 Å². The molecule has 0 saturated carbocycles. The fourth-order valence-corrected chi connectivity index (χ4v) is 2.51. The van der Waals surface area contributed by atoms with E-state index in [9.17, 15) is 15.0 Å². The number of hydrogen-bond acceptors (Lipinski definition) is 4. The van der Waals surface area contributed by atoms with Gasteiger partial charge in [-0.3, -0.25) is 0 Å². The maximum atomic E-state index is 12.0. The van der Waals surface area contributed by atoms with E-state index in [0.29, 0.717) is 23.8 Å². The number of benzene rings is 1. The normalized spacial score (nSPS) is 13.5. The molecule has 2 aromatic rings. The third-order valence-electron chi connectivity index (χ3n) is 4.07. The van der Waals surface area contributed by atoms with E-state index in [1.807, 2.05) is 0 Å². The molecule has 0 bridgehead atoms. The van der Waals surface area contributed by atoms with Gasteiger partial charge in [-0.2, -0.15) is 0 Å². The van der Waals surface area contributed by atoms with Gasteiger partial charge in [-0.25, -0.2) is 4.79 Å². The smallest absolute Gasteiger partial charge is 0.343 e. The number of rotatable bonds is 4. The van der Waals surface area contributed by atoms with Crippen molar-refractivity contribution < 1.29 is 14.6 Å². The van der Waals surface area contributed by atoms with Crippen LogP contribution in [0, 0.1) is 11.3 Å². The van der Waals surface area contributed by atoms with E-state index in [-0.39, 0.29) is 29.3 Å². The molecule has 0 saturated heterocycles. The summed E-state index contributed by atoms with van der Waals surface area (Å²) in [4.78, 5) is 12.0. The van der Waals surface area contributed by atoms with Gasteiger partial charge < -0.3 is 14.6 Å². The van der Waals surface area contributed by atoms with E-state index < -0.39 is 5.63 Å². The maximum Gasteiger partial charge on any atom is 0.343 e. The fraction of sp³-hybridized carbons (Fsp3) is 0.471. The van der Waals surface area contributed by atoms with Crippen LogP contribution in [0.25, 0.3) is 11.0 Å². The first-order valence-electron chi connectivity index (χ1n) is 7.19. The molecule has 0 radical (unpaired) electrons. The largest absolute Gasteiger partial charge is 0.507 e. The molecule has 4 heteroatoms. The third kappa shape index (κ3) is 3.27. The minimum atomic E-state index is -0.503. The molecule has 1 unspecified atom stereocenters. The lowest BCUT2D eigenvalue weighted by molar-refractivity contribution is 0.123. The molecular weight excluding hydrogens is 268 g/mol. The zero-order chi connectivity index (χ0) is 15.6. The molecule has 1 heterocycles. The van der Waals surface area contributed by atoms with Gasteiger partial charge in [0, 0.05) is 6.61 Å². The van der Waals surface area contributed by atoms with Crippen molar-refractivity contribution in [2.45, 2.75) is 33.6 Å². The van der Waals surface area contributed by atoms with Gasteiger partial charge in [0.1, 0.15) is 11.3 Å². The number of aliphatic hydroxyl groups is 1. The predicted octanol–water partition coefficient (Wildman–Crippen LogP) is 3.09. The lowest BCUT2D eigenvalue weighted by Gasteiger charge is -2.29. The quantitative estimate of drug-likeness (QED) is 0.849. The summed E-state index contributed by atoms with van der Waals surface area (Å²) in [6.07, 6.45) is 1.01. The summed E-state index contributed by atoms with van der Waals surface area (Å²) in [6, 6.07) is 6.93. The molecule has 2 N–H and O–H groups in total. The topological polar surface area (TPSA) is 70.7 Å². The molecule has 2 rings (SSSR count). The molecule has 0 aliphatic heterocycles. The van der Waals surface area contributed by atoms with Gasteiger partial charge in [0.2, 0.25) is 0 Å². The monoisotopic (exact) mass is 290 g/mol. The van der Waals surface area contributed by atoms with Crippen LogP contribution >= 0.6 is 0 Å². The Morgan fingerprint density at radius 2 is 1.90 bits per heavy atom. The lowest BCUT2D eigenvalue weighted by Crippen LogP contribution is -2.25. The van der Waals surface area contributed by atoms with Crippen LogP contribution in [0.2, 0.25) is 0 Å². The average molecular weight is 290 g/mol. The summed E-state index contributed by atoms with van der Waals surface area (Å²) in [6.45, 7) is 6.22.